The number of fused-ring (bicyclic) bond motifs is 1. The van der Waals surface area contributed by atoms with Crippen LogP contribution in [-0.2, 0) is 4.79 Å². The standard InChI is InChI=1S/C16H13BrClNO2/c1-9-2-4-11(12(18)6-9)16(17)10-3-5-14-13(7-10)19-15(20)8-21-14/h2-7,16H,8H2,1H3,(H,19,20). The highest BCUT2D eigenvalue weighted by molar-refractivity contribution is 9.09. The SMILES string of the molecule is Cc1ccc(C(Br)c2ccc3c(c2)NC(=O)CO3)c(Cl)c1. The van der Waals surface area contributed by atoms with Crippen molar-refractivity contribution in [2.24, 2.45) is 0 Å². The van der Waals surface area contributed by atoms with E-state index in [1.165, 1.54) is 0 Å². The molecule has 1 aliphatic heterocycles. The molecule has 108 valence electrons. The summed E-state index contributed by atoms with van der Waals surface area (Å²) in [5.41, 5.74) is 3.81. The number of hydrogen-bond donors (Lipinski definition) is 1. The van der Waals surface area contributed by atoms with Gasteiger partial charge in [0.05, 0.1) is 10.5 Å². The van der Waals surface area contributed by atoms with Gasteiger partial charge in [0.2, 0.25) is 0 Å². The summed E-state index contributed by atoms with van der Waals surface area (Å²) < 4.78 is 5.36. The first kappa shape index (κ1) is 14.4. The molecule has 3 rings (SSSR count). The maximum Gasteiger partial charge on any atom is 0.262 e. The first-order chi connectivity index (χ1) is 10.0. The highest BCUT2D eigenvalue weighted by Gasteiger charge is 2.19. The van der Waals surface area contributed by atoms with Gasteiger partial charge in [0, 0.05) is 5.02 Å². The molecule has 5 heteroatoms. The third kappa shape index (κ3) is 2.92. The van der Waals surface area contributed by atoms with E-state index in [0.29, 0.717) is 11.4 Å². The van der Waals surface area contributed by atoms with E-state index in [4.69, 9.17) is 16.3 Å². The predicted molar refractivity (Wildman–Crippen MR) is 87.5 cm³/mol. The molecule has 0 saturated heterocycles. The largest absolute Gasteiger partial charge is 0.482 e. The number of hydrogen-bond acceptors (Lipinski definition) is 2. The van der Waals surface area contributed by atoms with Crippen LogP contribution in [0.25, 0.3) is 0 Å². The fourth-order valence-corrected chi connectivity index (χ4v) is 3.44. The summed E-state index contributed by atoms with van der Waals surface area (Å²) in [7, 11) is 0. The zero-order valence-corrected chi connectivity index (χ0v) is 13.7. The van der Waals surface area contributed by atoms with Gasteiger partial charge in [-0.15, -0.1) is 0 Å². The topological polar surface area (TPSA) is 38.3 Å². The normalized spacial score (nSPS) is 14.9. The van der Waals surface area contributed by atoms with Crippen molar-refractivity contribution < 1.29 is 9.53 Å². The molecule has 0 saturated carbocycles. The number of rotatable bonds is 2. The minimum absolute atomic E-state index is 0.0465. The summed E-state index contributed by atoms with van der Waals surface area (Å²) >= 11 is 9.99. The quantitative estimate of drug-likeness (QED) is 0.797. The Labute approximate surface area is 136 Å². The molecular formula is C16H13BrClNO2. The molecule has 1 heterocycles. The summed E-state index contributed by atoms with van der Waals surface area (Å²) in [5, 5.41) is 3.53. The minimum Gasteiger partial charge on any atom is -0.482 e. The molecule has 1 amide bonds. The Morgan fingerprint density at radius 2 is 2.10 bits per heavy atom. The van der Waals surface area contributed by atoms with Crippen molar-refractivity contribution >= 4 is 39.1 Å². The maximum absolute atomic E-state index is 11.4. The Morgan fingerprint density at radius 1 is 1.29 bits per heavy atom. The summed E-state index contributed by atoms with van der Waals surface area (Å²) in [6.45, 7) is 2.07. The number of ether oxygens (including phenoxy) is 1. The molecule has 0 aromatic heterocycles. The van der Waals surface area contributed by atoms with Gasteiger partial charge in [-0.1, -0.05) is 45.7 Å². The molecule has 1 atom stereocenters. The summed E-state index contributed by atoms with van der Waals surface area (Å²) in [6.07, 6.45) is 0. The number of benzene rings is 2. The molecule has 2 aromatic rings. The van der Waals surface area contributed by atoms with Crippen LogP contribution >= 0.6 is 27.5 Å². The minimum atomic E-state index is -0.140. The molecule has 21 heavy (non-hydrogen) atoms. The number of halogens is 2. The molecule has 1 unspecified atom stereocenters. The van der Waals surface area contributed by atoms with Crippen LogP contribution in [0, 0.1) is 6.92 Å². The van der Waals surface area contributed by atoms with Crippen molar-refractivity contribution in [1.29, 1.82) is 0 Å². The lowest BCUT2D eigenvalue weighted by molar-refractivity contribution is -0.118. The van der Waals surface area contributed by atoms with E-state index in [9.17, 15) is 4.79 Å². The van der Waals surface area contributed by atoms with Crippen molar-refractivity contribution in [1.82, 2.24) is 0 Å². The van der Waals surface area contributed by atoms with Crippen LogP contribution in [0.1, 0.15) is 21.5 Å². The third-order valence-corrected chi connectivity index (χ3v) is 4.71. The monoisotopic (exact) mass is 365 g/mol. The highest BCUT2D eigenvalue weighted by atomic mass is 79.9. The Balaban J connectivity index is 1.96. The molecule has 0 bridgehead atoms. The van der Waals surface area contributed by atoms with Gasteiger partial charge in [0.1, 0.15) is 5.75 Å². The average Bonchev–Trinajstić information content (AvgIpc) is 2.46. The molecule has 3 nitrogen and oxygen atoms in total. The molecular weight excluding hydrogens is 354 g/mol. The second kappa shape index (κ2) is 5.70. The smallest absolute Gasteiger partial charge is 0.262 e. The second-order valence-corrected chi connectivity index (χ2v) is 6.30. The van der Waals surface area contributed by atoms with Crippen molar-refractivity contribution in [3.8, 4) is 5.75 Å². The number of carbonyl (C=O) groups is 1. The van der Waals surface area contributed by atoms with E-state index >= 15 is 0 Å². The van der Waals surface area contributed by atoms with Gasteiger partial charge in [0.15, 0.2) is 6.61 Å². The average molecular weight is 367 g/mol. The van der Waals surface area contributed by atoms with Crippen molar-refractivity contribution in [3.05, 3.63) is 58.1 Å². The Hall–Kier alpha value is -1.52. The number of anilines is 1. The van der Waals surface area contributed by atoms with Crippen molar-refractivity contribution in [2.45, 2.75) is 11.8 Å². The predicted octanol–water partition coefficient (Wildman–Crippen LogP) is 4.46. The van der Waals surface area contributed by atoms with Crippen LogP contribution < -0.4 is 10.1 Å². The first-order valence-corrected chi connectivity index (χ1v) is 7.80. The van der Waals surface area contributed by atoms with Gasteiger partial charge in [-0.25, -0.2) is 0 Å². The first-order valence-electron chi connectivity index (χ1n) is 6.51. The Morgan fingerprint density at radius 3 is 2.86 bits per heavy atom. The fraction of sp³-hybridized carbons (Fsp3) is 0.188. The number of alkyl halides is 1. The van der Waals surface area contributed by atoms with E-state index in [1.807, 2.05) is 43.3 Å². The van der Waals surface area contributed by atoms with Gasteiger partial charge in [-0.05, 0) is 41.8 Å². The molecule has 2 aromatic carbocycles. The molecule has 1 N–H and O–H groups in total. The van der Waals surface area contributed by atoms with Crippen LogP contribution in [-0.4, -0.2) is 12.5 Å². The van der Waals surface area contributed by atoms with Crippen LogP contribution in [0.4, 0.5) is 5.69 Å². The molecule has 0 aliphatic carbocycles. The number of aryl methyl sites for hydroxylation is 1. The van der Waals surface area contributed by atoms with E-state index in [0.717, 1.165) is 21.7 Å². The van der Waals surface area contributed by atoms with Crippen molar-refractivity contribution in [3.63, 3.8) is 0 Å². The number of amides is 1. The van der Waals surface area contributed by atoms with Crippen LogP contribution in [0.2, 0.25) is 5.02 Å². The van der Waals surface area contributed by atoms with E-state index < -0.39 is 0 Å². The third-order valence-electron chi connectivity index (χ3n) is 3.36. The summed E-state index contributed by atoms with van der Waals surface area (Å²) in [5.74, 6) is 0.548. The van der Waals surface area contributed by atoms with Crippen LogP contribution in [0.15, 0.2) is 36.4 Å². The van der Waals surface area contributed by atoms with Gasteiger partial charge in [0.25, 0.3) is 5.91 Å². The van der Waals surface area contributed by atoms with E-state index in [1.54, 1.807) is 0 Å². The van der Waals surface area contributed by atoms with Gasteiger partial charge in [-0.3, -0.25) is 4.79 Å². The highest BCUT2D eigenvalue weighted by Crippen LogP contribution is 2.39. The lowest BCUT2D eigenvalue weighted by Crippen LogP contribution is -2.25. The molecule has 0 radical (unpaired) electrons. The Bertz CT molecular complexity index is 717. The molecule has 1 aliphatic rings. The second-order valence-electron chi connectivity index (χ2n) is 4.98. The maximum atomic E-state index is 11.4. The number of carbonyl (C=O) groups excluding carboxylic acids is 1. The van der Waals surface area contributed by atoms with Crippen LogP contribution in [0.3, 0.4) is 0 Å². The zero-order chi connectivity index (χ0) is 15.0. The number of nitrogens with one attached hydrogen (secondary N) is 1. The molecule has 0 spiro atoms. The Kier molecular flexibility index (Phi) is 3.91. The van der Waals surface area contributed by atoms with Gasteiger partial charge in [-0.2, -0.15) is 0 Å². The fourth-order valence-electron chi connectivity index (χ4n) is 2.28. The van der Waals surface area contributed by atoms with Crippen molar-refractivity contribution in [2.75, 3.05) is 11.9 Å². The van der Waals surface area contributed by atoms with E-state index in [2.05, 4.69) is 21.2 Å². The molecule has 0 fully saturated rings. The van der Waals surface area contributed by atoms with Gasteiger partial charge < -0.3 is 10.1 Å². The lowest BCUT2D eigenvalue weighted by atomic mass is 10.0. The summed E-state index contributed by atoms with van der Waals surface area (Å²) in [6, 6.07) is 11.7. The summed E-state index contributed by atoms with van der Waals surface area (Å²) in [4.78, 5) is 11.4. The lowest BCUT2D eigenvalue weighted by Gasteiger charge is -2.20. The van der Waals surface area contributed by atoms with Gasteiger partial charge >= 0.3 is 0 Å². The van der Waals surface area contributed by atoms with E-state index in [-0.39, 0.29) is 17.3 Å². The zero-order valence-electron chi connectivity index (χ0n) is 11.3. The van der Waals surface area contributed by atoms with Crippen LogP contribution in [0.5, 0.6) is 5.75 Å².